The SMILES string of the molecule is CC1CNC(C)(C2CC2)CN1C1Cc2ccccc2C1. The molecule has 0 spiro atoms. The van der Waals surface area contributed by atoms with Gasteiger partial charge >= 0.3 is 0 Å². The highest BCUT2D eigenvalue weighted by molar-refractivity contribution is 5.33. The summed E-state index contributed by atoms with van der Waals surface area (Å²) >= 11 is 0. The fourth-order valence-corrected chi connectivity index (χ4v) is 4.34. The first-order chi connectivity index (χ1) is 9.66. The van der Waals surface area contributed by atoms with Crippen LogP contribution in [0, 0.1) is 5.92 Å². The third kappa shape index (κ3) is 2.10. The molecule has 0 aromatic heterocycles. The lowest BCUT2D eigenvalue weighted by Crippen LogP contribution is -2.65. The highest BCUT2D eigenvalue weighted by Crippen LogP contribution is 2.42. The number of hydrogen-bond acceptors (Lipinski definition) is 2. The fraction of sp³-hybridized carbons (Fsp3) is 0.667. The van der Waals surface area contributed by atoms with Crippen molar-refractivity contribution in [1.29, 1.82) is 0 Å². The summed E-state index contributed by atoms with van der Waals surface area (Å²) in [7, 11) is 0. The molecule has 2 unspecified atom stereocenters. The summed E-state index contributed by atoms with van der Waals surface area (Å²) in [4.78, 5) is 2.80. The van der Waals surface area contributed by atoms with E-state index in [0.717, 1.165) is 18.5 Å². The van der Waals surface area contributed by atoms with Gasteiger partial charge in [-0.15, -0.1) is 0 Å². The average molecular weight is 270 g/mol. The van der Waals surface area contributed by atoms with Crippen molar-refractivity contribution < 1.29 is 0 Å². The van der Waals surface area contributed by atoms with Crippen LogP contribution in [0.25, 0.3) is 0 Å². The lowest BCUT2D eigenvalue weighted by atomic mass is 9.90. The predicted octanol–water partition coefficient (Wildman–Crippen LogP) is 2.62. The second-order valence-corrected chi connectivity index (χ2v) is 7.42. The molecule has 1 aliphatic heterocycles. The summed E-state index contributed by atoms with van der Waals surface area (Å²) < 4.78 is 0. The first kappa shape index (κ1) is 12.8. The van der Waals surface area contributed by atoms with E-state index in [4.69, 9.17) is 0 Å². The standard InChI is InChI=1S/C18H26N2/c1-13-11-19-18(2,16-7-8-16)12-20(13)17-9-14-5-3-4-6-15(14)10-17/h3-6,13,16-17,19H,7-12H2,1-2H3. The first-order valence-electron chi connectivity index (χ1n) is 8.23. The summed E-state index contributed by atoms with van der Waals surface area (Å²) in [6.45, 7) is 7.23. The van der Waals surface area contributed by atoms with Crippen molar-refractivity contribution in [3.05, 3.63) is 35.4 Å². The van der Waals surface area contributed by atoms with Crippen LogP contribution >= 0.6 is 0 Å². The number of nitrogens with one attached hydrogen (secondary N) is 1. The number of piperazine rings is 1. The van der Waals surface area contributed by atoms with Crippen LogP contribution in [0.5, 0.6) is 0 Å². The number of nitrogens with zero attached hydrogens (tertiary/aromatic N) is 1. The van der Waals surface area contributed by atoms with Crippen molar-refractivity contribution in [1.82, 2.24) is 10.2 Å². The summed E-state index contributed by atoms with van der Waals surface area (Å²) in [5.41, 5.74) is 3.52. The Morgan fingerprint density at radius 2 is 1.80 bits per heavy atom. The van der Waals surface area contributed by atoms with Gasteiger partial charge in [0, 0.05) is 30.7 Å². The zero-order chi connectivity index (χ0) is 13.7. The molecule has 1 aromatic rings. The third-order valence-corrected chi connectivity index (χ3v) is 5.86. The predicted molar refractivity (Wildman–Crippen MR) is 82.9 cm³/mol. The first-order valence-corrected chi connectivity index (χ1v) is 8.23. The van der Waals surface area contributed by atoms with Crippen LogP contribution in [0.1, 0.15) is 37.8 Å². The minimum absolute atomic E-state index is 0.362. The Kier molecular flexibility index (Phi) is 2.94. The Balaban J connectivity index is 1.53. The molecule has 1 saturated carbocycles. The van der Waals surface area contributed by atoms with Crippen molar-refractivity contribution >= 4 is 0 Å². The van der Waals surface area contributed by atoms with E-state index in [2.05, 4.69) is 48.3 Å². The molecule has 1 N–H and O–H groups in total. The van der Waals surface area contributed by atoms with Crippen molar-refractivity contribution in [3.63, 3.8) is 0 Å². The van der Waals surface area contributed by atoms with Gasteiger partial charge in [0.1, 0.15) is 0 Å². The van der Waals surface area contributed by atoms with E-state index >= 15 is 0 Å². The molecule has 108 valence electrons. The molecular weight excluding hydrogens is 244 g/mol. The smallest absolute Gasteiger partial charge is 0.0309 e. The van der Waals surface area contributed by atoms with Crippen LogP contribution in [-0.2, 0) is 12.8 Å². The zero-order valence-corrected chi connectivity index (χ0v) is 12.7. The molecule has 4 rings (SSSR count). The van der Waals surface area contributed by atoms with E-state index in [1.807, 2.05) is 0 Å². The molecule has 20 heavy (non-hydrogen) atoms. The van der Waals surface area contributed by atoms with E-state index in [1.165, 1.54) is 32.2 Å². The number of benzene rings is 1. The Bertz CT molecular complexity index is 483. The van der Waals surface area contributed by atoms with Gasteiger partial charge < -0.3 is 5.32 Å². The van der Waals surface area contributed by atoms with Gasteiger partial charge in [-0.25, -0.2) is 0 Å². The normalized spacial score (nSPS) is 35.2. The van der Waals surface area contributed by atoms with E-state index in [9.17, 15) is 0 Å². The number of hydrogen-bond donors (Lipinski definition) is 1. The van der Waals surface area contributed by atoms with Crippen molar-refractivity contribution in [2.45, 2.75) is 57.2 Å². The molecule has 0 amide bonds. The summed E-state index contributed by atoms with van der Waals surface area (Å²) in [5.74, 6) is 0.918. The van der Waals surface area contributed by atoms with Gasteiger partial charge in [-0.05, 0) is 56.6 Å². The second kappa shape index (κ2) is 4.57. The van der Waals surface area contributed by atoms with E-state index in [0.29, 0.717) is 11.6 Å². The summed E-state index contributed by atoms with van der Waals surface area (Å²) in [6.07, 6.45) is 5.36. The van der Waals surface area contributed by atoms with Gasteiger partial charge in [-0.1, -0.05) is 24.3 Å². The summed E-state index contributed by atoms with van der Waals surface area (Å²) in [5, 5.41) is 3.84. The minimum atomic E-state index is 0.362. The Labute approximate surface area is 122 Å². The van der Waals surface area contributed by atoms with Crippen LogP contribution in [0.15, 0.2) is 24.3 Å². The zero-order valence-electron chi connectivity index (χ0n) is 12.7. The minimum Gasteiger partial charge on any atom is -0.308 e. The fourth-order valence-electron chi connectivity index (χ4n) is 4.34. The molecule has 1 heterocycles. The largest absolute Gasteiger partial charge is 0.308 e. The maximum Gasteiger partial charge on any atom is 0.0309 e. The van der Waals surface area contributed by atoms with E-state index in [1.54, 1.807) is 11.1 Å². The Morgan fingerprint density at radius 1 is 1.15 bits per heavy atom. The van der Waals surface area contributed by atoms with Crippen LogP contribution in [0.4, 0.5) is 0 Å². The van der Waals surface area contributed by atoms with E-state index in [-0.39, 0.29) is 0 Å². The van der Waals surface area contributed by atoms with Crippen LogP contribution in [0.3, 0.4) is 0 Å². The van der Waals surface area contributed by atoms with Gasteiger partial charge in [-0.2, -0.15) is 0 Å². The van der Waals surface area contributed by atoms with Gasteiger partial charge in [0.05, 0.1) is 0 Å². The van der Waals surface area contributed by atoms with Gasteiger partial charge in [0.15, 0.2) is 0 Å². The lowest BCUT2D eigenvalue weighted by Gasteiger charge is -2.48. The molecule has 2 atom stereocenters. The monoisotopic (exact) mass is 270 g/mol. The molecule has 1 saturated heterocycles. The van der Waals surface area contributed by atoms with Gasteiger partial charge in [0.25, 0.3) is 0 Å². The average Bonchev–Trinajstić information content (AvgIpc) is 3.22. The molecule has 0 radical (unpaired) electrons. The van der Waals surface area contributed by atoms with Crippen molar-refractivity contribution in [2.24, 2.45) is 5.92 Å². The molecule has 1 aromatic carbocycles. The van der Waals surface area contributed by atoms with Crippen molar-refractivity contribution in [2.75, 3.05) is 13.1 Å². The highest BCUT2D eigenvalue weighted by atomic mass is 15.3. The van der Waals surface area contributed by atoms with E-state index < -0.39 is 0 Å². The van der Waals surface area contributed by atoms with Crippen molar-refractivity contribution in [3.8, 4) is 0 Å². The molecule has 2 heteroatoms. The lowest BCUT2D eigenvalue weighted by molar-refractivity contribution is 0.0493. The van der Waals surface area contributed by atoms with Gasteiger partial charge in [-0.3, -0.25) is 4.90 Å². The quantitative estimate of drug-likeness (QED) is 0.888. The molecule has 2 fully saturated rings. The Hall–Kier alpha value is -0.860. The number of rotatable bonds is 2. The Morgan fingerprint density at radius 3 is 2.40 bits per heavy atom. The topological polar surface area (TPSA) is 15.3 Å². The third-order valence-electron chi connectivity index (χ3n) is 5.86. The van der Waals surface area contributed by atoms with Crippen LogP contribution in [0.2, 0.25) is 0 Å². The number of fused-ring (bicyclic) bond motifs is 1. The molecule has 3 aliphatic rings. The molecular formula is C18H26N2. The highest BCUT2D eigenvalue weighted by Gasteiger charge is 2.47. The van der Waals surface area contributed by atoms with Gasteiger partial charge in [0.2, 0.25) is 0 Å². The van der Waals surface area contributed by atoms with Crippen LogP contribution in [-0.4, -0.2) is 35.6 Å². The molecule has 2 aliphatic carbocycles. The maximum absolute atomic E-state index is 3.84. The molecule has 2 nitrogen and oxygen atoms in total. The van der Waals surface area contributed by atoms with Crippen LogP contribution < -0.4 is 5.32 Å². The maximum atomic E-state index is 3.84. The second-order valence-electron chi connectivity index (χ2n) is 7.42. The molecule has 0 bridgehead atoms. The summed E-state index contributed by atoms with van der Waals surface area (Å²) in [6, 6.07) is 10.4.